The molecule has 0 bridgehead atoms. The molecule has 2 aliphatic rings. The van der Waals surface area contributed by atoms with Gasteiger partial charge >= 0.3 is 6.09 Å². The van der Waals surface area contributed by atoms with Crippen molar-refractivity contribution in [2.24, 2.45) is 10.9 Å². The molecule has 0 aromatic rings. The maximum atomic E-state index is 12.3. The molecule has 0 spiro atoms. The lowest BCUT2D eigenvalue weighted by Gasteiger charge is -2.34. The molecular formula is C20H39IN4O2S. The zero-order chi connectivity index (χ0) is 19.9. The predicted octanol–water partition coefficient (Wildman–Crippen LogP) is 4.09. The zero-order valence-electron chi connectivity index (χ0n) is 18.2. The number of carbonyl (C=O) groups excluding carboxylic acids is 1. The Balaban J connectivity index is 0.00000392. The molecule has 2 rings (SSSR count). The molecule has 0 aromatic carbocycles. The molecule has 0 radical (unpaired) electrons. The molecule has 2 atom stereocenters. The highest BCUT2D eigenvalue weighted by Crippen LogP contribution is 2.36. The van der Waals surface area contributed by atoms with Crippen molar-refractivity contribution in [2.45, 2.75) is 70.1 Å². The Bertz CT molecular complexity index is 519. The highest BCUT2D eigenvalue weighted by atomic mass is 127. The van der Waals surface area contributed by atoms with Crippen LogP contribution in [0.4, 0.5) is 4.79 Å². The fourth-order valence-corrected chi connectivity index (χ4v) is 4.90. The van der Waals surface area contributed by atoms with Gasteiger partial charge in [0.05, 0.1) is 0 Å². The summed E-state index contributed by atoms with van der Waals surface area (Å²) in [5.41, 5.74) is -0.433. The molecule has 164 valence electrons. The number of halogens is 1. The van der Waals surface area contributed by atoms with E-state index in [0.29, 0.717) is 10.7 Å². The second-order valence-electron chi connectivity index (χ2n) is 8.98. The third-order valence-corrected chi connectivity index (χ3v) is 6.71. The highest BCUT2D eigenvalue weighted by molar-refractivity contribution is 14.0. The van der Waals surface area contributed by atoms with E-state index >= 15 is 0 Å². The van der Waals surface area contributed by atoms with Crippen molar-refractivity contribution in [3.63, 3.8) is 0 Å². The van der Waals surface area contributed by atoms with Crippen molar-refractivity contribution in [2.75, 3.05) is 39.0 Å². The molecule has 8 heteroatoms. The minimum atomic E-state index is -0.433. The number of amides is 1. The molecule has 2 unspecified atom stereocenters. The Hall–Kier alpha value is -0.380. The van der Waals surface area contributed by atoms with Crippen LogP contribution >= 0.6 is 35.7 Å². The van der Waals surface area contributed by atoms with Crippen LogP contribution in [0, 0.1) is 5.92 Å². The van der Waals surface area contributed by atoms with E-state index in [-0.39, 0.29) is 30.1 Å². The van der Waals surface area contributed by atoms with E-state index in [9.17, 15) is 4.79 Å². The Morgan fingerprint density at radius 1 is 1.32 bits per heavy atom. The first-order valence-electron chi connectivity index (χ1n) is 10.3. The smallest absolute Gasteiger partial charge is 0.410 e. The summed E-state index contributed by atoms with van der Waals surface area (Å²) in [4.78, 5) is 18.5. The Morgan fingerprint density at radius 3 is 2.68 bits per heavy atom. The molecule has 2 heterocycles. The van der Waals surface area contributed by atoms with E-state index in [0.717, 1.165) is 45.0 Å². The third-order valence-electron chi connectivity index (χ3n) is 5.17. The summed E-state index contributed by atoms with van der Waals surface area (Å²) >= 11 is 2.06. The van der Waals surface area contributed by atoms with Gasteiger partial charge in [-0.25, -0.2) is 4.79 Å². The number of carbonyl (C=O) groups is 1. The quantitative estimate of drug-likeness (QED) is 0.321. The number of ether oxygens (including phenoxy) is 1. The van der Waals surface area contributed by atoms with E-state index in [1.54, 1.807) is 0 Å². The van der Waals surface area contributed by atoms with Crippen LogP contribution in [0.1, 0.15) is 59.8 Å². The maximum Gasteiger partial charge on any atom is 0.410 e. The van der Waals surface area contributed by atoms with Gasteiger partial charge < -0.3 is 20.3 Å². The normalized spacial score (nSPS) is 25.8. The second-order valence-corrected chi connectivity index (χ2v) is 10.7. The average Bonchev–Trinajstić information content (AvgIpc) is 3.03. The number of thioether (sulfide) groups is 1. The van der Waals surface area contributed by atoms with Crippen LogP contribution < -0.4 is 10.6 Å². The van der Waals surface area contributed by atoms with Gasteiger partial charge in [-0.3, -0.25) is 4.99 Å². The number of nitrogens with one attached hydrogen (secondary N) is 2. The van der Waals surface area contributed by atoms with Gasteiger partial charge in [-0.2, -0.15) is 11.8 Å². The lowest BCUT2D eigenvalue weighted by molar-refractivity contribution is 0.0162. The number of guanidine groups is 1. The minimum Gasteiger partial charge on any atom is -0.444 e. The fourth-order valence-electron chi connectivity index (χ4n) is 3.66. The SMILES string of the molecule is CN=C(NCCC1CCCN(C(=O)OC(C)(C)C)C1)NCC1(C)CCCS1.I. The van der Waals surface area contributed by atoms with Crippen LogP contribution in [-0.4, -0.2) is 66.3 Å². The fraction of sp³-hybridized carbons (Fsp3) is 0.900. The summed E-state index contributed by atoms with van der Waals surface area (Å²) in [6.07, 6.45) is 5.65. The molecule has 1 amide bonds. The number of piperidine rings is 1. The van der Waals surface area contributed by atoms with Gasteiger partial charge in [0.15, 0.2) is 5.96 Å². The lowest BCUT2D eigenvalue weighted by Crippen LogP contribution is -2.45. The molecule has 0 saturated carbocycles. The molecule has 2 N–H and O–H groups in total. The van der Waals surface area contributed by atoms with E-state index in [4.69, 9.17) is 4.74 Å². The molecule has 0 aromatic heterocycles. The molecule has 6 nitrogen and oxygen atoms in total. The van der Waals surface area contributed by atoms with Crippen molar-refractivity contribution in [3.8, 4) is 0 Å². The molecule has 2 aliphatic heterocycles. The van der Waals surface area contributed by atoms with Crippen LogP contribution in [0.25, 0.3) is 0 Å². The largest absolute Gasteiger partial charge is 0.444 e. The van der Waals surface area contributed by atoms with Gasteiger partial charge in [-0.1, -0.05) is 0 Å². The Kier molecular flexibility index (Phi) is 10.7. The number of likely N-dealkylation sites (tertiary alicyclic amines) is 1. The summed E-state index contributed by atoms with van der Waals surface area (Å²) in [6, 6.07) is 0. The van der Waals surface area contributed by atoms with Crippen LogP contribution in [0.5, 0.6) is 0 Å². The van der Waals surface area contributed by atoms with Crippen molar-refractivity contribution in [1.29, 1.82) is 0 Å². The van der Waals surface area contributed by atoms with Gasteiger partial charge in [-0.05, 0) is 71.5 Å². The second kappa shape index (κ2) is 11.7. The Labute approximate surface area is 192 Å². The molecule has 2 fully saturated rings. The zero-order valence-corrected chi connectivity index (χ0v) is 21.3. The van der Waals surface area contributed by atoms with Crippen molar-refractivity contribution >= 4 is 47.8 Å². The van der Waals surface area contributed by atoms with E-state index in [1.165, 1.54) is 25.0 Å². The highest BCUT2D eigenvalue weighted by Gasteiger charge is 2.30. The number of rotatable bonds is 5. The van der Waals surface area contributed by atoms with Crippen molar-refractivity contribution in [3.05, 3.63) is 0 Å². The summed E-state index contributed by atoms with van der Waals surface area (Å²) in [5, 5.41) is 6.91. The van der Waals surface area contributed by atoms with Gasteiger partial charge in [0, 0.05) is 38.0 Å². The van der Waals surface area contributed by atoms with Gasteiger partial charge in [0.1, 0.15) is 5.60 Å². The average molecular weight is 527 g/mol. The third kappa shape index (κ3) is 8.97. The summed E-state index contributed by atoms with van der Waals surface area (Å²) in [7, 11) is 1.82. The summed E-state index contributed by atoms with van der Waals surface area (Å²) in [6.45, 7) is 11.5. The number of hydrogen-bond acceptors (Lipinski definition) is 4. The Morgan fingerprint density at radius 2 is 2.07 bits per heavy atom. The molecule has 28 heavy (non-hydrogen) atoms. The van der Waals surface area contributed by atoms with Crippen molar-refractivity contribution in [1.82, 2.24) is 15.5 Å². The van der Waals surface area contributed by atoms with Crippen LogP contribution in [-0.2, 0) is 4.74 Å². The summed E-state index contributed by atoms with van der Waals surface area (Å²) in [5.74, 6) is 2.66. The maximum absolute atomic E-state index is 12.3. The number of aliphatic imine (C=N–C) groups is 1. The monoisotopic (exact) mass is 526 g/mol. The van der Waals surface area contributed by atoms with E-state index in [1.807, 2.05) is 32.7 Å². The van der Waals surface area contributed by atoms with Crippen molar-refractivity contribution < 1.29 is 9.53 Å². The first-order valence-corrected chi connectivity index (χ1v) is 11.3. The molecule has 0 aliphatic carbocycles. The summed E-state index contributed by atoms with van der Waals surface area (Å²) < 4.78 is 5.84. The van der Waals surface area contributed by atoms with Gasteiger partial charge in [0.2, 0.25) is 0 Å². The first-order chi connectivity index (χ1) is 12.7. The van der Waals surface area contributed by atoms with E-state index < -0.39 is 5.60 Å². The number of hydrogen-bond donors (Lipinski definition) is 2. The minimum absolute atomic E-state index is 0. The van der Waals surface area contributed by atoms with Gasteiger partial charge in [0.25, 0.3) is 0 Å². The van der Waals surface area contributed by atoms with Crippen LogP contribution in [0.3, 0.4) is 0 Å². The van der Waals surface area contributed by atoms with E-state index in [2.05, 4.69) is 34.3 Å². The first kappa shape index (κ1) is 25.7. The predicted molar refractivity (Wildman–Crippen MR) is 130 cm³/mol. The topological polar surface area (TPSA) is 66.0 Å². The van der Waals surface area contributed by atoms with Crippen LogP contribution in [0.15, 0.2) is 4.99 Å². The molecular weight excluding hydrogens is 487 g/mol. The number of nitrogens with zero attached hydrogens (tertiary/aromatic N) is 2. The lowest BCUT2D eigenvalue weighted by atomic mass is 9.95. The van der Waals surface area contributed by atoms with Crippen LogP contribution in [0.2, 0.25) is 0 Å². The van der Waals surface area contributed by atoms with Gasteiger partial charge in [-0.15, -0.1) is 24.0 Å². The standard InChI is InChI=1S/C20H38N4O2S.HI/c1-19(2,3)26-18(25)24-12-6-8-16(14-24)9-11-22-17(21-5)23-15-20(4)10-7-13-27-20;/h16H,6-15H2,1-5H3,(H2,21,22,23);1H. The molecule has 2 saturated heterocycles.